The van der Waals surface area contributed by atoms with Gasteiger partial charge in [-0.1, -0.05) is 6.07 Å². The third-order valence-corrected chi connectivity index (χ3v) is 6.55. The van der Waals surface area contributed by atoms with Gasteiger partial charge in [-0.2, -0.15) is 0 Å². The van der Waals surface area contributed by atoms with Crippen LogP contribution in [0.2, 0.25) is 0 Å². The van der Waals surface area contributed by atoms with Gasteiger partial charge in [-0.3, -0.25) is 0 Å². The largest absolute Gasteiger partial charge is 0.392 e. The normalized spacial score (nSPS) is 11.8. The summed E-state index contributed by atoms with van der Waals surface area (Å²) in [4.78, 5) is 1.04. The molecule has 0 atom stereocenters. The predicted octanol–water partition coefficient (Wildman–Crippen LogP) is 3.24. The number of benzene rings is 1. The van der Waals surface area contributed by atoms with E-state index in [9.17, 15) is 8.42 Å². The number of thiophene rings is 1. The first-order valence-electron chi connectivity index (χ1n) is 5.55. The van der Waals surface area contributed by atoms with Crippen molar-refractivity contribution in [2.45, 2.75) is 18.0 Å². The molecule has 0 fully saturated rings. The SMILES string of the molecule is O=S(=O)(NCc1ccc(Br)s1)c1cc(CO)ccc1Br. The Kier molecular flexibility index (Phi) is 5.38. The van der Waals surface area contributed by atoms with Crippen molar-refractivity contribution in [3.63, 3.8) is 0 Å². The van der Waals surface area contributed by atoms with E-state index >= 15 is 0 Å². The zero-order chi connectivity index (χ0) is 14.8. The van der Waals surface area contributed by atoms with Crippen molar-refractivity contribution < 1.29 is 13.5 Å². The first-order chi connectivity index (χ1) is 9.42. The molecule has 1 heterocycles. The van der Waals surface area contributed by atoms with E-state index in [2.05, 4.69) is 36.6 Å². The highest BCUT2D eigenvalue weighted by Gasteiger charge is 2.18. The zero-order valence-corrected chi connectivity index (χ0v) is 14.9. The molecule has 0 aliphatic rings. The maximum atomic E-state index is 12.3. The van der Waals surface area contributed by atoms with Gasteiger partial charge in [0.15, 0.2) is 0 Å². The monoisotopic (exact) mass is 439 g/mol. The molecule has 4 nitrogen and oxygen atoms in total. The number of aliphatic hydroxyl groups excluding tert-OH is 1. The van der Waals surface area contributed by atoms with E-state index in [0.717, 1.165) is 8.66 Å². The molecule has 0 bridgehead atoms. The molecule has 0 aliphatic carbocycles. The Morgan fingerprint density at radius 2 is 1.95 bits per heavy atom. The molecule has 0 unspecified atom stereocenters. The Balaban J connectivity index is 2.21. The summed E-state index contributed by atoms with van der Waals surface area (Å²) >= 11 is 8.03. The number of sulfonamides is 1. The number of halogens is 2. The molecule has 0 radical (unpaired) electrons. The molecule has 1 aromatic carbocycles. The highest BCUT2D eigenvalue weighted by Crippen LogP contribution is 2.25. The summed E-state index contributed by atoms with van der Waals surface area (Å²) in [6, 6.07) is 8.46. The van der Waals surface area contributed by atoms with Gasteiger partial charge in [0.25, 0.3) is 0 Å². The fourth-order valence-electron chi connectivity index (χ4n) is 1.54. The fourth-order valence-corrected chi connectivity index (χ4v) is 5.08. The lowest BCUT2D eigenvalue weighted by Crippen LogP contribution is -2.23. The van der Waals surface area contributed by atoms with Gasteiger partial charge in [-0.25, -0.2) is 13.1 Å². The lowest BCUT2D eigenvalue weighted by atomic mass is 10.2. The van der Waals surface area contributed by atoms with Gasteiger partial charge in [0.1, 0.15) is 0 Å². The average Bonchev–Trinajstić information content (AvgIpc) is 2.83. The van der Waals surface area contributed by atoms with E-state index in [1.165, 1.54) is 17.4 Å². The number of hydrogen-bond acceptors (Lipinski definition) is 4. The number of hydrogen-bond donors (Lipinski definition) is 2. The molecule has 2 N–H and O–H groups in total. The Hall–Kier alpha value is -0.250. The lowest BCUT2D eigenvalue weighted by Gasteiger charge is -2.09. The van der Waals surface area contributed by atoms with Gasteiger partial charge in [-0.15, -0.1) is 11.3 Å². The summed E-state index contributed by atoms with van der Waals surface area (Å²) in [7, 11) is -3.63. The first kappa shape index (κ1) is 16.1. The minimum atomic E-state index is -3.63. The highest BCUT2D eigenvalue weighted by molar-refractivity contribution is 9.11. The Labute approximate surface area is 138 Å². The van der Waals surface area contributed by atoms with Gasteiger partial charge < -0.3 is 5.11 Å². The smallest absolute Gasteiger partial charge is 0.242 e. The van der Waals surface area contributed by atoms with E-state index in [1.54, 1.807) is 12.1 Å². The van der Waals surface area contributed by atoms with E-state index in [1.807, 2.05) is 12.1 Å². The van der Waals surface area contributed by atoms with Crippen LogP contribution >= 0.6 is 43.2 Å². The second kappa shape index (κ2) is 6.67. The second-order valence-corrected chi connectivity index (χ2v) is 9.09. The molecule has 20 heavy (non-hydrogen) atoms. The maximum Gasteiger partial charge on any atom is 0.242 e. The van der Waals surface area contributed by atoms with Crippen LogP contribution in [0.5, 0.6) is 0 Å². The van der Waals surface area contributed by atoms with Crippen molar-refractivity contribution in [1.29, 1.82) is 0 Å². The van der Waals surface area contributed by atoms with Crippen molar-refractivity contribution in [2.24, 2.45) is 0 Å². The van der Waals surface area contributed by atoms with Gasteiger partial charge in [0.2, 0.25) is 10.0 Å². The van der Waals surface area contributed by atoms with Crippen molar-refractivity contribution in [3.8, 4) is 0 Å². The molecule has 1 aromatic heterocycles. The summed E-state index contributed by atoms with van der Waals surface area (Å²) in [5.41, 5.74) is 0.549. The molecule has 108 valence electrons. The number of nitrogens with one attached hydrogen (secondary N) is 1. The van der Waals surface area contributed by atoms with E-state index in [4.69, 9.17) is 5.11 Å². The average molecular weight is 441 g/mol. The topological polar surface area (TPSA) is 66.4 Å². The maximum absolute atomic E-state index is 12.3. The fraction of sp³-hybridized carbons (Fsp3) is 0.167. The van der Waals surface area contributed by atoms with Crippen LogP contribution in [0.3, 0.4) is 0 Å². The lowest BCUT2D eigenvalue weighted by molar-refractivity contribution is 0.281. The van der Waals surface area contributed by atoms with Gasteiger partial charge in [0.05, 0.1) is 15.3 Å². The molecule has 0 aliphatic heterocycles. The van der Waals surface area contributed by atoms with Crippen molar-refractivity contribution in [2.75, 3.05) is 0 Å². The molecule has 2 aromatic rings. The van der Waals surface area contributed by atoms with Crippen LogP contribution in [-0.4, -0.2) is 13.5 Å². The second-order valence-electron chi connectivity index (χ2n) is 3.95. The summed E-state index contributed by atoms with van der Waals surface area (Å²) in [6.07, 6.45) is 0. The van der Waals surface area contributed by atoms with E-state index in [0.29, 0.717) is 10.0 Å². The molecular weight excluding hydrogens is 430 g/mol. The molecule has 0 saturated carbocycles. The molecule has 0 amide bonds. The highest BCUT2D eigenvalue weighted by atomic mass is 79.9. The van der Waals surface area contributed by atoms with Crippen molar-refractivity contribution in [3.05, 3.63) is 49.0 Å². The van der Waals surface area contributed by atoms with Crippen molar-refractivity contribution in [1.82, 2.24) is 4.72 Å². The van der Waals surface area contributed by atoms with Crippen LogP contribution in [0.25, 0.3) is 0 Å². The standard InChI is InChI=1S/C12H11Br2NO3S2/c13-10-3-1-8(7-16)5-11(10)20(17,18)15-6-9-2-4-12(14)19-9/h1-5,15-16H,6-7H2. The van der Waals surface area contributed by atoms with E-state index < -0.39 is 10.0 Å². The Morgan fingerprint density at radius 1 is 1.20 bits per heavy atom. The summed E-state index contributed by atoms with van der Waals surface area (Å²) in [5, 5.41) is 9.10. The third kappa shape index (κ3) is 3.90. The third-order valence-electron chi connectivity index (χ3n) is 2.53. The van der Waals surface area contributed by atoms with Crippen LogP contribution in [0.4, 0.5) is 0 Å². The first-order valence-corrected chi connectivity index (χ1v) is 9.44. The van der Waals surface area contributed by atoms with Crippen LogP contribution in [0.15, 0.2) is 43.5 Å². The molecule has 8 heteroatoms. The molecular formula is C12H11Br2NO3S2. The van der Waals surface area contributed by atoms with Gasteiger partial charge in [0, 0.05) is 15.9 Å². The molecule has 0 saturated heterocycles. The predicted molar refractivity (Wildman–Crippen MR) is 86.1 cm³/mol. The van der Waals surface area contributed by atoms with Crippen LogP contribution in [0, 0.1) is 0 Å². The van der Waals surface area contributed by atoms with Crippen molar-refractivity contribution >= 4 is 53.2 Å². The Morgan fingerprint density at radius 3 is 2.55 bits per heavy atom. The van der Waals surface area contributed by atoms with Crippen LogP contribution in [-0.2, 0) is 23.2 Å². The zero-order valence-electron chi connectivity index (χ0n) is 10.1. The summed E-state index contributed by atoms with van der Waals surface area (Å²) in [6.45, 7) is 0.0298. The minimum Gasteiger partial charge on any atom is -0.392 e. The number of aliphatic hydroxyl groups is 1. The van der Waals surface area contributed by atoms with Gasteiger partial charge >= 0.3 is 0 Å². The van der Waals surface area contributed by atoms with Gasteiger partial charge in [-0.05, 0) is 61.7 Å². The quantitative estimate of drug-likeness (QED) is 0.749. The molecule has 0 spiro atoms. The van der Waals surface area contributed by atoms with Crippen LogP contribution in [0.1, 0.15) is 10.4 Å². The molecule has 2 rings (SSSR count). The minimum absolute atomic E-state index is 0.125. The van der Waals surface area contributed by atoms with E-state index in [-0.39, 0.29) is 18.0 Å². The summed E-state index contributed by atoms with van der Waals surface area (Å²) < 4.78 is 28.5. The number of rotatable bonds is 5. The Bertz CT molecular complexity index is 713. The summed E-state index contributed by atoms with van der Waals surface area (Å²) in [5.74, 6) is 0. The van der Waals surface area contributed by atoms with Crippen LogP contribution < -0.4 is 4.72 Å².